The zero-order valence-electron chi connectivity index (χ0n) is 11.5. The maximum atomic E-state index is 8.98. The highest BCUT2D eigenvalue weighted by Gasteiger charge is 2.13. The Morgan fingerprint density at radius 1 is 1.20 bits per heavy atom. The highest BCUT2D eigenvalue weighted by Crippen LogP contribution is 2.29. The molecule has 0 atom stereocenters. The van der Waals surface area contributed by atoms with Crippen molar-refractivity contribution in [1.29, 1.82) is 5.26 Å². The Bertz CT molecular complexity index is 685. The van der Waals surface area contributed by atoms with E-state index in [2.05, 4.69) is 39.6 Å². The van der Waals surface area contributed by atoms with Crippen molar-refractivity contribution in [1.82, 2.24) is 9.97 Å². The molecule has 0 unspecified atom stereocenters. The molecule has 100 valence electrons. The molecule has 0 saturated heterocycles. The number of aromatic nitrogens is 2. The SMILES string of the molecule is Cc1cc(C#N)nc(Nc2cccc3c2CCCC3)n1. The van der Waals surface area contributed by atoms with E-state index in [0.717, 1.165) is 24.2 Å². The fourth-order valence-corrected chi connectivity index (χ4v) is 2.70. The molecule has 1 heterocycles. The summed E-state index contributed by atoms with van der Waals surface area (Å²) in [6.07, 6.45) is 4.72. The predicted octanol–water partition coefficient (Wildman–Crippen LogP) is 3.28. The second-order valence-corrected chi connectivity index (χ2v) is 5.11. The van der Waals surface area contributed by atoms with Crippen molar-refractivity contribution < 1.29 is 0 Å². The van der Waals surface area contributed by atoms with Crippen LogP contribution >= 0.6 is 0 Å². The van der Waals surface area contributed by atoms with Crippen molar-refractivity contribution in [2.45, 2.75) is 32.6 Å². The van der Waals surface area contributed by atoms with Gasteiger partial charge in [0.25, 0.3) is 0 Å². The molecule has 0 fully saturated rings. The number of anilines is 2. The van der Waals surface area contributed by atoms with Crippen LogP contribution in [-0.4, -0.2) is 9.97 Å². The van der Waals surface area contributed by atoms with Crippen LogP contribution in [0.5, 0.6) is 0 Å². The number of rotatable bonds is 2. The van der Waals surface area contributed by atoms with Crippen LogP contribution < -0.4 is 5.32 Å². The lowest BCUT2D eigenvalue weighted by Gasteiger charge is -2.19. The molecule has 1 aromatic carbocycles. The molecule has 4 heteroatoms. The van der Waals surface area contributed by atoms with Gasteiger partial charge in [0.05, 0.1) is 0 Å². The van der Waals surface area contributed by atoms with Crippen LogP contribution in [0.3, 0.4) is 0 Å². The van der Waals surface area contributed by atoms with Gasteiger partial charge in [-0.15, -0.1) is 0 Å². The van der Waals surface area contributed by atoms with Crippen molar-refractivity contribution in [3.63, 3.8) is 0 Å². The minimum absolute atomic E-state index is 0.393. The lowest BCUT2D eigenvalue weighted by molar-refractivity contribution is 0.687. The van der Waals surface area contributed by atoms with E-state index in [1.165, 1.54) is 24.0 Å². The molecule has 1 N–H and O–H groups in total. The Labute approximate surface area is 118 Å². The van der Waals surface area contributed by atoms with Crippen LogP contribution in [0.4, 0.5) is 11.6 Å². The zero-order chi connectivity index (χ0) is 13.9. The van der Waals surface area contributed by atoms with Crippen molar-refractivity contribution in [3.05, 3.63) is 46.8 Å². The monoisotopic (exact) mass is 264 g/mol. The molecule has 0 spiro atoms. The number of hydrogen-bond donors (Lipinski definition) is 1. The normalized spacial score (nSPS) is 13.4. The van der Waals surface area contributed by atoms with E-state index in [4.69, 9.17) is 5.26 Å². The van der Waals surface area contributed by atoms with Crippen LogP contribution in [0.15, 0.2) is 24.3 Å². The number of nitriles is 1. The Kier molecular flexibility index (Phi) is 3.34. The molecule has 1 aromatic heterocycles. The summed E-state index contributed by atoms with van der Waals surface area (Å²) < 4.78 is 0. The predicted molar refractivity (Wildman–Crippen MR) is 77.9 cm³/mol. The molecule has 0 bridgehead atoms. The number of benzene rings is 1. The molecule has 1 aliphatic carbocycles. The number of hydrogen-bond acceptors (Lipinski definition) is 4. The summed E-state index contributed by atoms with van der Waals surface area (Å²) in [6, 6.07) is 10.1. The Balaban J connectivity index is 1.96. The Morgan fingerprint density at radius 3 is 2.90 bits per heavy atom. The van der Waals surface area contributed by atoms with Gasteiger partial charge in [0.1, 0.15) is 11.8 Å². The highest BCUT2D eigenvalue weighted by molar-refractivity contribution is 5.61. The molecule has 4 nitrogen and oxygen atoms in total. The van der Waals surface area contributed by atoms with E-state index in [9.17, 15) is 0 Å². The van der Waals surface area contributed by atoms with Gasteiger partial charge in [-0.05, 0) is 55.9 Å². The summed E-state index contributed by atoms with van der Waals surface area (Å²) >= 11 is 0. The van der Waals surface area contributed by atoms with Gasteiger partial charge in [-0.25, -0.2) is 9.97 Å². The van der Waals surface area contributed by atoms with E-state index < -0.39 is 0 Å². The van der Waals surface area contributed by atoms with E-state index in [0.29, 0.717) is 11.6 Å². The second kappa shape index (κ2) is 5.30. The molecular weight excluding hydrogens is 248 g/mol. The molecule has 3 rings (SSSR count). The zero-order valence-corrected chi connectivity index (χ0v) is 11.5. The first-order valence-electron chi connectivity index (χ1n) is 6.90. The van der Waals surface area contributed by atoms with Gasteiger partial charge in [-0.3, -0.25) is 0 Å². The smallest absolute Gasteiger partial charge is 0.228 e. The summed E-state index contributed by atoms with van der Waals surface area (Å²) in [7, 11) is 0. The van der Waals surface area contributed by atoms with Gasteiger partial charge < -0.3 is 5.32 Å². The number of nitrogens with zero attached hydrogens (tertiary/aromatic N) is 3. The third-order valence-electron chi connectivity index (χ3n) is 3.61. The average Bonchev–Trinajstić information content (AvgIpc) is 2.47. The highest BCUT2D eigenvalue weighted by atomic mass is 15.1. The Hall–Kier alpha value is -2.41. The van der Waals surface area contributed by atoms with Crippen LogP contribution in [0.1, 0.15) is 35.4 Å². The fraction of sp³-hybridized carbons (Fsp3) is 0.312. The van der Waals surface area contributed by atoms with Gasteiger partial charge in [0, 0.05) is 11.4 Å². The van der Waals surface area contributed by atoms with Crippen LogP contribution in [-0.2, 0) is 12.8 Å². The van der Waals surface area contributed by atoms with Gasteiger partial charge in [0.2, 0.25) is 5.95 Å². The number of aryl methyl sites for hydroxylation is 2. The molecule has 0 aliphatic heterocycles. The summed E-state index contributed by atoms with van der Waals surface area (Å²) in [5.41, 5.74) is 5.03. The van der Waals surface area contributed by atoms with Crippen molar-refractivity contribution >= 4 is 11.6 Å². The van der Waals surface area contributed by atoms with Gasteiger partial charge in [-0.2, -0.15) is 5.26 Å². The van der Waals surface area contributed by atoms with Gasteiger partial charge in [-0.1, -0.05) is 12.1 Å². The molecule has 20 heavy (non-hydrogen) atoms. The first-order chi connectivity index (χ1) is 9.76. The molecule has 2 aromatic rings. The second-order valence-electron chi connectivity index (χ2n) is 5.11. The van der Waals surface area contributed by atoms with E-state index >= 15 is 0 Å². The maximum absolute atomic E-state index is 8.98. The quantitative estimate of drug-likeness (QED) is 0.904. The molecule has 0 radical (unpaired) electrons. The van der Waals surface area contributed by atoms with Crippen LogP contribution in [0, 0.1) is 18.3 Å². The van der Waals surface area contributed by atoms with E-state index in [-0.39, 0.29) is 0 Å². The van der Waals surface area contributed by atoms with Crippen molar-refractivity contribution in [2.24, 2.45) is 0 Å². The topological polar surface area (TPSA) is 61.6 Å². The standard InChI is InChI=1S/C16H16N4/c1-11-9-13(10-17)19-16(18-11)20-15-8-4-6-12-5-2-3-7-14(12)15/h4,6,8-9H,2-3,5,7H2,1H3,(H,18,19,20). The van der Waals surface area contributed by atoms with Crippen molar-refractivity contribution in [2.75, 3.05) is 5.32 Å². The molecule has 0 saturated carbocycles. The number of nitrogens with one attached hydrogen (secondary N) is 1. The fourth-order valence-electron chi connectivity index (χ4n) is 2.70. The van der Waals surface area contributed by atoms with Crippen molar-refractivity contribution in [3.8, 4) is 6.07 Å². The van der Waals surface area contributed by atoms with E-state index in [1.807, 2.05) is 6.92 Å². The largest absolute Gasteiger partial charge is 0.324 e. The summed E-state index contributed by atoms with van der Waals surface area (Å²) in [5.74, 6) is 0.500. The first-order valence-corrected chi connectivity index (χ1v) is 6.90. The summed E-state index contributed by atoms with van der Waals surface area (Å²) in [5, 5.41) is 12.3. The average molecular weight is 264 g/mol. The summed E-state index contributed by atoms with van der Waals surface area (Å²) in [6.45, 7) is 1.87. The Morgan fingerprint density at radius 2 is 2.05 bits per heavy atom. The van der Waals surface area contributed by atoms with Gasteiger partial charge >= 0.3 is 0 Å². The lowest BCUT2D eigenvalue weighted by Crippen LogP contribution is -2.08. The van der Waals surface area contributed by atoms with Crippen LogP contribution in [0.25, 0.3) is 0 Å². The third-order valence-corrected chi connectivity index (χ3v) is 3.61. The molecule has 1 aliphatic rings. The number of fused-ring (bicyclic) bond motifs is 1. The lowest BCUT2D eigenvalue weighted by atomic mass is 9.90. The maximum Gasteiger partial charge on any atom is 0.228 e. The minimum atomic E-state index is 0.393. The van der Waals surface area contributed by atoms with E-state index in [1.54, 1.807) is 6.07 Å². The third kappa shape index (κ3) is 2.48. The van der Waals surface area contributed by atoms with Gasteiger partial charge in [0.15, 0.2) is 0 Å². The molecular formula is C16H16N4. The minimum Gasteiger partial charge on any atom is -0.324 e. The van der Waals surface area contributed by atoms with Crippen LogP contribution in [0.2, 0.25) is 0 Å². The molecule has 0 amide bonds. The summed E-state index contributed by atoms with van der Waals surface area (Å²) in [4.78, 5) is 8.57. The first kappa shape index (κ1) is 12.6.